The smallest absolute Gasteiger partial charge is 0.407 e. The third-order valence-corrected chi connectivity index (χ3v) is 3.13. The number of amides is 1. The average Bonchev–Trinajstić information content (AvgIpc) is 2.84. The van der Waals surface area contributed by atoms with Gasteiger partial charge >= 0.3 is 6.09 Å². The molecule has 1 heterocycles. The van der Waals surface area contributed by atoms with Gasteiger partial charge < -0.3 is 24.6 Å². The molecule has 6 nitrogen and oxygen atoms in total. The molecule has 0 aromatic heterocycles. The minimum atomic E-state index is -0.837. The number of carbonyl (C=O) groups is 1. The van der Waals surface area contributed by atoms with Crippen LogP contribution in [0, 0.1) is 0 Å². The molecule has 6 heteroatoms. The van der Waals surface area contributed by atoms with Gasteiger partial charge in [-0.15, -0.1) is 0 Å². The highest BCUT2D eigenvalue weighted by atomic mass is 16.7. The predicted octanol–water partition coefficient (Wildman–Crippen LogP) is 1.43. The van der Waals surface area contributed by atoms with Crippen molar-refractivity contribution in [2.24, 2.45) is 0 Å². The molecule has 0 aliphatic carbocycles. The van der Waals surface area contributed by atoms with Gasteiger partial charge in [-0.3, -0.25) is 0 Å². The van der Waals surface area contributed by atoms with Gasteiger partial charge in [-0.1, -0.05) is 30.3 Å². The zero-order valence-electron chi connectivity index (χ0n) is 12.2. The first-order valence-corrected chi connectivity index (χ1v) is 6.91. The first-order chi connectivity index (χ1) is 9.96. The molecule has 1 saturated heterocycles. The minimum absolute atomic E-state index is 0.0533. The standard InChI is InChI=1S/C15H21NO5/c1-15(2)20-10-13(21-15)12(17)8-16-14(18)19-9-11-6-4-3-5-7-11/h3-7,12-13,17H,8-10H2,1-2H3,(H,16,18)/t12?,13-/m1/s1. The van der Waals surface area contributed by atoms with Gasteiger partial charge in [0.25, 0.3) is 0 Å². The second-order valence-electron chi connectivity index (χ2n) is 5.38. The van der Waals surface area contributed by atoms with Crippen LogP contribution >= 0.6 is 0 Å². The molecule has 2 N–H and O–H groups in total. The summed E-state index contributed by atoms with van der Waals surface area (Å²) < 4.78 is 15.9. The highest BCUT2D eigenvalue weighted by Crippen LogP contribution is 2.23. The van der Waals surface area contributed by atoms with Gasteiger partial charge in [-0.25, -0.2) is 4.79 Å². The molecule has 116 valence electrons. The first-order valence-electron chi connectivity index (χ1n) is 6.91. The van der Waals surface area contributed by atoms with Crippen LogP contribution in [0.1, 0.15) is 19.4 Å². The number of alkyl carbamates (subject to hydrolysis) is 1. The highest BCUT2D eigenvalue weighted by molar-refractivity contribution is 5.67. The molecule has 1 unspecified atom stereocenters. The van der Waals surface area contributed by atoms with Crippen molar-refractivity contribution in [2.45, 2.75) is 38.4 Å². The fourth-order valence-electron chi connectivity index (χ4n) is 2.00. The van der Waals surface area contributed by atoms with Crippen LogP contribution in [0.25, 0.3) is 0 Å². The number of hydrogen-bond donors (Lipinski definition) is 2. The highest BCUT2D eigenvalue weighted by Gasteiger charge is 2.36. The van der Waals surface area contributed by atoms with Crippen LogP contribution in [-0.2, 0) is 20.8 Å². The maximum absolute atomic E-state index is 11.5. The molecule has 1 aromatic rings. The Morgan fingerprint density at radius 1 is 1.48 bits per heavy atom. The number of hydrogen-bond acceptors (Lipinski definition) is 5. The van der Waals surface area contributed by atoms with E-state index in [0.29, 0.717) is 6.61 Å². The van der Waals surface area contributed by atoms with Crippen LogP contribution in [-0.4, -0.2) is 42.3 Å². The van der Waals surface area contributed by atoms with E-state index in [-0.39, 0.29) is 13.2 Å². The summed E-state index contributed by atoms with van der Waals surface area (Å²) in [4.78, 5) is 11.5. The zero-order chi connectivity index (χ0) is 15.3. The molecular weight excluding hydrogens is 274 g/mol. The third-order valence-electron chi connectivity index (χ3n) is 3.13. The van der Waals surface area contributed by atoms with Crippen molar-refractivity contribution in [3.05, 3.63) is 35.9 Å². The third kappa shape index (κ3) is 5.00. The van der Waals surface area contributed by atoms with Crippen molar-refractivity contribution in [2.75, 3.05) is 13.2 Å². The Morgan fingerprint density at radius 3 is 2.81 bits per heavy atom. The SMILES string of the molecule is CC1(C)OC[C@H](C(O)CNC(=O)OCc2ccccc2)O1. The lowest BCUT2D eigenvalue weighted by molar-refractivity contribution is -0.150. The Kier molecular flexibility index (Phi) is 5.17. The van der Waals surface area contributed by atoms with Gasteiger partial charge in [0, 0.05) is 6.54 Å². The van der Waals surface area contributed by atoms with E-state index in [1.54, 1.807) is 13.8 Å². The number of aliphatic hydroxyl groups excluding tert-OH is 1. The lowest BCUT2D eigenvalue weighted by atomic mass is 10.2. The van der Waals surface area contributed by atoms with Crippen molar-refractivity contribution in [1.82, 2.24) is 5.32 Å². The monoisotopic (exact) mass is 295 g/mol. The molecule has 0 spiro atoms. The molecule has 2 rings (SSSR count). The lowest BCUT2D eigenvalue weighted by Crippen LogP contribution is -2.40. The largest absolute Gasteiger partial charge is 0.445 e. The van der Waals surface area contributed by atoms with Gasteiger partial charge in [0.05, 0.1) is 12.7 Å². The number of benzene rings is 1. The second kappa shape index (κ2) is 6.89. The number of aliphatic hydroxyl groups is 1. The number of ether oxygens (including phenoxy) is 3. The summed E-state index contributed by atoms with van der Waals surface area (Å²) in [7, 11) is 0. The molecule has 1 fully saturated rings. The molecule has 0 bridgehead atoms. The molecule has 2 atom stereocenters. The molecule has 1 amide bonds. The van der Waals surface area contributed by atoms with Gasteiger partial charge in [0.2, 0.25) is 0 Å². The van der Waals surface area contributed by atoms with Crippen LogP contribution in [0.15, 0.2) is 30.3 Å². The summed E-state index contributed by atoms with van der Waals surface area (Å²) in [5.74, 6) is -0.695. The van der Waals surface area contributed by atoms with Gasteiger partial charge in [0.1, 0.15) is 12.7 Å². The Hall–Kier alpha value is -1.63. The summed E-state index contributed by atoms with van der Waals surface area (Å²) >= 11 is 0. The molecule has 1 aliphatic heterocycles. The average molecular weight is 295 g/mol. The normalized spacial score (nSPS) is 21.8. The van der Waals surface area contributed by atoms with Crippen molar-refractivity contribution in [3.63, 3.8) is 0 Å². The fourth-order valence-corrected chi connectivity index (χ4v) is 2.00. The molecular formula is C15H21NO5. The van der Waals surface area contributed by atoms with E-state index in [4.69, 9.17) is 14.2 Å². The summed E-state index contributed by atoms with van der Waals surface area (Å²) in [6.45, 7) is 4.11. The van der Waals surface area contributed by atoms with E-state index in [9.17, 15) is 9.90 Å². The van der Waals surface area contributed by atoms with E-state index in [1.807, 2.05) is 30.3 Å². The number of carbonyl (C=O) groups excluding carboxylic acids is 1. The molecule has 0 saturated carbocycles. The van der Waals surface area contributed by atoms with E-state index in [2.05, 4.69) is 5.32 Å². The van der Waals surface area contributed by atoms with E-state index < -0.39 is 24.1 Å². The quantitative estimate of drug-likeness (QED) is 0.859. The van der Waals surface area contributed by atoms with Crippen molar-refractivity contribution >= 4 is 6.09 Å². The van der Waals surface area contributed by atoms with Gasteiger partial charge in [-0.2, -0.15) is 0 Å². The summed E-state index contributed by atoms with van der Waals surface area (Å²) in [6, 6.07) is 9.38. The molecule has 1 aliphatic rings. The Bertz CT molecular complexity index is 462. The van der Waals surface area contributed by atoms with Crippen LogP contribution in [0.3, 0.4) is 0 Å². The lowest BCUT2D eigenvalue weighted by Gasteiger charge is -2.20. The first kappa shape index (κ1) is 15.8. The molecule has 21 heavy (non-hydrogen) atoms. The van der Waals surface area contributed by atoms with Crippen LogP contribution in [0.4, 0.5) is 4.79 Å². The van der Waals surface area contributed by atoms with E-state index >= 15 is 0 Å². The van der Waals surface area contributed by atoms with E-state index in [1.165, 1.54) is 0 Å². The van der Waals surface area contributed by atoms with Crippen molar-refractivity contribution in [1.29, 1.82) is 0 Å². The fraction of sp³-hybridized carbons (Fsp3) is 0.533. The van der Waals surface area contributed by atoms with Crippen LogP contribution in [0.5, 0.6) is 0 Å². The molecule has 1 aromatic carbocycles. The number of nitrogens with one attached hydrogen (secondary N) is 1. The Morgan fingerprint density at radius 2 is 2.19 bits per heavy atom. The van der Waals surface area contributed by atoms with E-state index in [0.717, 1.165) is 5.56 Å². The van der Waals surface area contributed by atoms with Crippen molar-refractivity contribution in [3.8, 4) is 0 Å². The van der Waals surface area contributed by atoms with Gasteiger partial charge in [-0.05, 0) is 19.4 Å². The molecule has 0 radical (unpaired) electrons. The second-order valence-corrected chi connectivity index (χ2v) is 5.38. The summed E-state index contributed by atoms with van der Waals surface area (Å²) in [6.07, 6.45) is -1.86. The topological polar surface area (TPSA) is 77.0 Å². The summed E-state index contributed by atoms with van der Waals surface area (Å²) in [5.41, 5.74) is 0.905. The predicted molar refractivity (Wildman–Crippen MR) is 75.5 cm³/mol. The van der Waals surface area contributed by atoms with Gasteiger partial charge in [0.15, 0.2) is 5.79 Å². The Labute approximate surface area is 124 Å². The maximum Gasteiger partial charge on any atom is 0.407 e. The summed E-state index contributed by atoms with van der Waals surface area (Å²) in [5, 5.41) is 12.5. The van der Waals surface area contributed by atoms with Crippen molar-refractivity contribution < 1.29 is 24.1 Å². The Balaban J connectivity index is 1.67. The van der Waals surface area contributed by atoms with Crippen LogP contribution in [0.2, 0.25) is 0 Å². The number of rotatable bonds is 5. The minimum Gasteiger partial charge on any atom is -0.445 e. The maximum atomic E-state index is 11.5. The zero-order valence-corrected chi connectivity index (χ0v) is 12.2. The van der Waals surface area contributed by atoms with Crippen LogP contribution < -0.4 is 5.32 Å².